The fraction of sp³-hybridized carbons (Fsp3) is 0.100. The average molecular weight is 552 g/mol. The van der Waals surface area contributed by atoms with E-state index in [1.165, 1.54) is 12.1 Å². The van der Waals surface area contributed by atoms with E-state index in [2.05, 4.69) is 5.32 Å². The third kappa shape index (κ3) is 12.2. The number of carboxylic acid groups (broad SMARTS) is 4. The standard InChI is InChI=1S/C10H8ClNO5.C8H7NO4.C2H2Cl2O/c11-4-8(13)12-7-2-5(9(14)15)1-6(3-7)10(16)17;9-6-2-4(7(10)11)1-5(3-6)8(12)13;3-1-2(4)5/h1-3H,4H2,(H,12,13)(H,14,15)(H,16,17);1-3H,9H2,(H,10,11)(H,12,13);1H2. The molecule has 12 nitrogen and oxygen atoms in total. The van der Waals surface area contributed by atoms with Crippen molar-refractivity contribution in [3.63, 3.8) is 0 Å². The van der Waals surface area contributed by atoms with Gasteiger partial charge in [0.05, 0.1) is 28.1 Å². The van der Waals surface area contributed by atoms with Gasteiger partial charge in [-0.25, -0.2) is 19.2 Å². The number of anilines is 2. The zero-order valence-corrected chi connectivity index (χ0v) is 19.6. The zero-order valence-electron chi connectivity index (χ0n) is 17.3. The van der Waals surface area contributed by atoms with E-state index < -0.39 is 35.0 Å². The van der Waals surface area contributed by atoms with E-state index >= 15 is 0 Å². The van der Waals surface area contributed by atoms with Gasteiger partial charge in [0.2, 0.25) is 11.1 Å². The van der Waals surface area contributed by atoms with Crippen LogP contribution in [-0.2, 0) is 9.59 Å². The minimum atomic E-state index is -1.28. The van der Waals surface area contributed by atoms with Gasteiger partial charge in [0.1, 0.15) is 5.88 Å². The second kappa shape index (κ2) is 15.1. The lowest BCUT2D eigenvalue weighted by Crippen LogP contribution is -2.14. The topological polar surface area (TPSA) is 221 Å². The van der Waals surface area contributed by atoms with Gasteiger partial charge in [-0.05, 0) is 48.0 Å². The number of hydrogen-bond donors (Lipinski definition) is 6. The second-order valence-corrected chi connectivity index (χ2v) is 6.99. The van der Waals surface area contributed by atoms with Crippen molar-refractivity contribution in [3.05, 3.63) is 58.7 Å². The first-order chi connectivity index (χ1) is 16.2. The Bertz CT molecular complexity index is 1070. The summed E-state index contributed by atoms with van der Waals surface area (Å²) < 4.78 is 0. The van der Waals surface area contributed by atoms with Crippen molar-refractivity contribution < 1.29 is 49.2 Å². The van der Waals surface area contributed by atoms with Gasteiger partial charge in [-0.3, -0.25) is 9.59 Å². The van der Waals surface area contributed by atoms with Gasteiger partial charge in [-0.2, -0.15) is 0 Å². The smallest absolute Gasteiger partial charge is 0.335 e. The Morgan fingerprint density at radius 3 is 1.23 bits per heavy atom. The zero-order chi connectivity index (χ0) is 27.3. The number of carbonyl (C=O) groups is 6. The molecule has 0 aliphatic heterocycles. The minimum absolute atomic E-state index is 0.0768. The molecule has 35 heavy (non-hydrogen) atoms. The van der Waals surface area contributed by atoms with E-state index in [1.807, 2.05) is 0 Å². The first kappa shape index (κ1) is 31.1. The Morgan fingerprint density at radius 2 is 0.971 bits per heavy atom. The maximum atomic E-state index is 11.0. The molecule has 0 aliphatic rings. The highest BCUT2D eigenvalue weighted by Gasteiger charge is 2.12. The Hall–Kier alpha value is -3.87. The van der Waals surface area contributed by atoms with E-state index in [1.54, 1.807) is 0 Å². The molecule has 0 atom stereocenters. The highest BCUT2D eigenvalue weighted by Crippen LogP contribution is 2.16. The molecule has 0 aromatic heterocycles. The molecule has 0 aliphatic carbocycles. The van der Waals surface area contributed by atoms with E-state index in [4.69, 9.17) is 61.0 Å². The number of carboxylic acids is 4. The predicted molar refractivity (Wildman–Crippen MR) is 126 cm³/mol. The summed E-state index contributed by atoms with van der Waals surface area (Å²) in [5.74, 6) is -5.92. The predicted octanol–water partition coefficient (Wildman–Crippen LogP) is 2.92. The number of nitrogens with two attached hydrogens (primary N) is 1. The molecule has 1 amide bonds. The van der Waals surface area contributed by atoms with Gasteiger partial charge >= 0.3 is 23.9 Å². The number of nitrogens with one attached hydrogen (secondary N) is 1. The average Bonchev–Trinajstić information content (AvgIpc) is 2.78. The van der Waals surface area contributed by atoms with Crippen LogP contribution in [0.25, 0.3) is 0 Å². The molecule has 2 aromatic rings. The van der Waals surface area contributed by atoms with Crippen LogP contribution in [0.1, 0.15) is 41.4 Å². The molecule has 0 unspecified atom stereocenters. The molecule has 188 valence electrons. The largest absolute Gasteiger partial charge is 0.478 e. The van der Waals surface area contributed by atoms with Crippen LogP contribution in [0, 0.1) is 0 Å². The minimum Gasteiger partial charge on any atom is -0.478 e. The van der Waals surface area contributed by atoms with Crippen LogP contribution in [0.3, 0.4) is 0 Å². The summed E-state index contributed by atoms with van der Waals surface area (Å²) in [5.41, 5.74) is 4.80. The van der Waals surface area contributed by atoms with Crippen molar-refractivity contribution in [1.82, 2.24) is 0 Å². The van der Waals surface area contributed by atoms with Crippen molar-refractivity contribution in [2.24, 2.45) is 0 Å². The summed E-state index contributed by atoms with van der Waals surface area (Å²) in [6.07, 6.45) is 0. The van der Waals surface area contributed by atoms with Crippen molar-refractivity contribution in [3.8, 4) is 0 Å². The summed E-state index contributed by atoms with van der Waals surface area (Å²) in [4.78, 5) is 62.9. The molecule has 2 rings (SSSR count). The third-order valence-corrected chi connectivity index (χ3v) is 4.14. The van der Waals surface area contributed by atoms with Crippen LogP contribution in [0.4, 0.5) is 11.4 Å². The maximum Gasteiger partial charge on any atom is 0.335 e. The molecule has 2 aromatic carbocycles. The number of hydrogen-bond acceptors (Lipinski definition) is 7. The monoisotopic (exact) mass is 550 g/mol. The SMILES string of the molecule is Nc1cc(C(=O)O)cc(C(=O)O)c1.O=C(CCl)Nc1cc(C(=O)O)cc(C(=O)O)c1.O=C(Cl)CCl. The fourth-order valence-corrected chi connectivity index (χ4v) is 2.11. The van der Waals surface area contributed by atoms with E-state index in [0.717, 1.165) is 24.3 Å². The highest BCUT2D eigenvalue weighted by molar-refractivity contribution is 6.67. The Morgan fingerprint density at radius 1 is 0.657 bits per heavy atom. The summed E-state index contributed by atoms with van der Waals surface area (Å²) >= 11 is 14.8. The van der Waals surface area contributed by atoms with Gasteiger partial charge in [-0.15, -0.1) is 23.2 Å². The molecule has 0 heterocycles. The Balaban J connectivity index is 0.000000567. The van der Waals surface area contributed by atoms with Crippen LogP contribution in [-0.4, -0.2) is 67.2 Å². The molecule has 0 saturated carbocycles. The van der Waals surface area contributed by atoms with Crippen LogP contribution in [0.2, 0.25) is 0 Å². The molecule has 15 heteroatoms. The number of amides is 1. The van der Waals surface area contributed by atoms with Gasteiger partial charge in [-0.1, -0.05) is 0 Å². The van der Waals surface area contributed by atoms with E-state index in [-0.39, 0.29) is 45.4 Å². The van der Waals surface area contributed by atoms with Crippen molar-refractivity contribution in [1.29, 1.82) is 0 Å². The molecular formula is C20H17Cl3N2O10. The molecule has 0 radical (unpaired) electrons. The number of aromatic carboxylic acids is 4. The lowest BCUT2D eigenvalue weighted by Gasteiger charge is -2.06. The Labute approximate surface area is 211 Å². The molecule has 7 N–H and O–H groups in total. The lowest BCUT2D eigenvalue weighted by atomic mass is 10.1. The first-order valence-corrected chi connectivity index (χ1v) is 10.2. The highest BCUT2D eigenvalue weighted by atomic mass is 35.5. The van der Waals surface area contributed by atoms with Crippen LogP contribution in [0.15, 0.2) is 36.4 Å². The number of rotatable bonds is 7. The van der Waals surface area contributed by atoms with Gasteiger partial charge < -0.3 is 31.5 Å². The lowest BCUT2D eigenvalue weighted by molar-refractivity contribution is -0.114. The summed E-state index contributed by atoms with van der Waals surface area (Å²) in [6, 6.07) is 6.77. The first-order valence-electron chi connectivity index (χ1n) is 8.80. The number of carbonyl (C=O) groups excluding carboxylic acids is 2. The molecule has 0 bridgehead atoms. The van der Waals surface area contributed by atoms with Gasteiger partial charge in [0, 0.05) is 11.4 Å². The van der Waals surface area contributed by atoms with Crippen molar-refractivity contribution in [2.75, 3.05) is 22.8 Å². The summed E-state index contributed by atoms with van der Waals surface area (Å²) in [5, 5.41) is 36.5. The normalized spacial score (nSPS) is 9.34. The summed E-state index contributed by atoms with van der Waals surface area (Å²) in [6.45, 7) is 0. The van der Waals surface area contributed by atoms with Crippen molar-refractivity contribution in [2.45, 2.75) is 0 Å². The number of nitrogen functional groups attached to an aromatic ring is 1. The van der Waals surface area contributed by atoms with E-state index in [0.29, 0.717) is 0 Å². The second-order valence-electron chi connectivity index (χ2n) is 6.03. The fourth-order valence-electron chi connectivity index (χ4n) is 2.04. The third-order valence-electron chi connectivity index (χ3n) is 3.39. The molecule has 0 saturated heterocycles. The van der Waals surface area contributed by atoms with Crippen LogP contribution >= 0.6 is 34.8 Å². The van der Waals surface area contributed by atoms with Crippen LogP contribution in [0.5, 0.6) is 0 Å². The number of alkyl halides is 2. The molecule has 0 spiro atoms. The molecule has 0 fully saturated rings. The number of halogens is 3. The Kier molecular flexibility index (Phi) is 13.4. The van der Waals surface area contributed by atoms with Crippen molar-refractivity contribution >= 4 is 81.2 Å². The van der Waals surface area contributed by atoms with Gasteiger partial charge in [0.15, 0.2) is 0 Å². The van der Waals surface area contributed by atoms with Gasteiger partial charge in [0.25, 0.3) is 0 Å². The van der Waals surface area contributed by atoms with E-state index in [9.17, 15) is 28.8 Å². The quantitative estimate of drug-likeness (QED) is 0.167. The molecular weight excluding hydrogens is 535 g/mol. The summed E-state index contributed by atoms with van der Waals surface area (Å²) in [7, 11) is 0. The van der Waals surface area contributed by atoms with Crippen LogP contribution < -0.4 is 11.1 Å². The number of benzene rings is 2. The maximum absolute atomic E-state index is 11.0.